The zero-order valence-electron chi connectivity index (χ0n) is 11.6. The van der Waals surface area contributed by atoms with Crippen LogP contribution in [0.5, 0.6) is 0 Å². The van der Waals surface area contributed by atoms with Crippen LogP contribution in [0.3, 0.4) is 0 Å². The number of nitrogens with zero attached hydrogens (tertiary/aromatic N) is 2. The van der Waals surface area contributed by atoms with Crippen LogP contribution in [0.25, 0.3) is 5.57 Å². The summed E-state index contributed by atoms with van der Waals surface area (Å²) in [6.07, 6.45) is 11.8. The van der Waals surface area contributed by atoms with Gasteiger partial charge in [-0.15, -0.1) is 0 Å². The van der Waals surface area contributed by atoms with Gasteiger partial charge in [-0.3, -0.25) is 0 Å². The van der Waals surface area contributed by atoms with Gasteiger partial charge >= 0.3 is 0 Å². The van der Waals surface area contributed by atoms with E-state index in [2.05, 4.69) is 15.3 Å². The SMILES string of the molecule is C/C=C\C(=C/C)c1ncc(CN/C(C)=C/C)cn1. The summed E-state index contributed by atoms with van der Waals surface area (Å²) < 4.78 is 0. The highest BCUT2D eigenvalue weighted by Gasteiger charge is 2.00. The molecule has 1 heterocycles. The maximum atomic E-state index is 4.38. The number of aromatic nitrogens is 2. The van der Waals surface area contributed by atoms with Crippen molar-refractivity contribution in [2.75, 3.05) is 0 Å². The first-order chi connectivity index (χ1) is 8.71. The van der Waals surface area contributed by atoms with Crippen LogP contribution in [0.4, 0.5) is 0 Å². The molecule has 18 heavy (non-hydrogen) atoms. The van der Waals surface area contributed by atoms with Gasteiger partial charge < -0.3 is 5.32 Å². The van der Waals surface area contributed by atoms with Crippen molar-refractivity contribution in [3.05, 3.63) is 53.8 Å². The van der Waals surface area contributed by atoms with Gasteiger partial charge in [-0.05, 0) is 27.7 Å². The van der Waals surface area contributed by atoms with Gasteiger partial charge in [0, 0.05) is 35.8 Å². The van der Waals surface area contributed by atoms with E-state index < -0.39 is 0 Å². The van der Waals surface area contributed by atoms with E-state index >= 15 is 0 Å². The Hall–Kier alpha value is -1.90. The predicted octanol–water partition coefficient (Wildman–Crippen LogP) is 3.47. The summed E-state index contributed by atoms with van der Waals surface area (Å²) in [6.45, 7) is 8.78. The average molecular weight is 243 g/mol. The van der Waals surface area contributed by atoms with Crippen molar-refractivity contribution in [1.29, 1.82) is 0 Å². The van der Waals surface area contributed by atoms with Crippen molar-refractivity contribution in [3.8, 4) is 0 Å². The largest absolute Gasteiger partial charge is 0.385 e. The summed E-state index contributed by atoms with van der Waals surface area (Å²) in [7, 11) is 0. The van der Waals surface area contributed by atoms with Crippen molar-refractivity contribution < 1.29 is 0 Å². The number of allylic oxidation sites excluding steroid dienone is 6. The molecule has 96 valence electrons. The molecular weight excluding hydrogens is 222 g/mol. The molecule has 0 aliphatic heterocycles. The molecule has 1 N–H and O–H groups in total. The summed E-state index contributed by atoms with van der Waals surface area (Å²) in [4.78, 5) is 8.76. The van der Waals surface area contributed by atoms with Crippen molar-refractivity contribution in [3.63, 3.8) is 0 Å². The lowest BCUT2D eigenvalue weighted by Gasteiger charge is -2.06. The molecule has 1 aromatic heterocycles. The maximum absolute atomic E-state index is 4.38. The van der Waals surface area contributed by atoms with Gasteiger partial charge in [0.05, 0.1) is 0 Å². The Labute approximate surface area is 109 Å². The minimum Gasteiger partial charge on any atom is -0.385 e. The fraction of sp³-hybridized carbons (Fsp3) is 0.333. The maximum Gasteiger partial charge on any atom is 0.158 e. The molecule has 1 aromatic rings. The molecule has 0 fully saturated rings. The van der Waals surface area contributed by atoms with Gasteiger partial charge in [0.15, 0.2) is 5.82 Å². The van der Waals surface area contributed by atoms with E-state index in [9.17, 15) is 0 Å². The second-order valence-electron chi connectivity index (χ2n) is 3.98. The molecule has 3 nitrogen and oxygen atoms in total. The minimum atomic E-state index is 0.755. The van der Waals surface area contributed by atoms with Gasteiger partial charge in [-0.25, -0.2) is 9.97 Å². The Bertz CT molecular complexity index is 453. The van der Waals surface area contributed by atoms with Gasteiger partial charge in [0.2, 0.25) is 0 Å². The van der Waals surface area contributed by atoms with E-state index in [1.807, 2.05) is 64.4 Å². The smallest absolute Gasteiger partial charge is 0.158 e. The highest BCUT2D eigenvalue weighted by molar-refractivity contribution is 5.68. The molecule has 0 aliphatic carbocycles. The third-order valence-electron chi connectivity index (χ3n) is 2.63. The first kappa shape index (κ1) is 14.2. The zero-order chi connectivity index (χ0) is 13.4. The van der Waals surface area contributed by atoms with E-state index in [1.165, 1.54) is 0 Å². The molecule has 0 spiro atoms. The summed E-state index contributed by atoms with van der Waals surface area (Å²) >= 11 is 0. The van der Waals surface area contributed by atoms with E-state index in [1.54, 1.807) is 0 Å². The Morgan fingerprint density at radius 1 is 1.17 bits per heavy atom. The molecule has 0 aliphatic rings. The molecule has 1 rings (SSSR count). The lowest BCUT2D eigenvalue weighted by molar-refractivity contribution is 0.798. The highest BCUT2D eigenvalue weighted by atomic mass is 14.9. The number of nitrogens with one attached hydrogen (secondary N) is 1. The molecule has 0 amide bonds. The summed E-state index contributed by atoms with van der Waals surface area (Å²) in [5, 5.41) is 3.29. The summed E-state index contributed by atoms with van der Waals surface area (Å²) in [6, 6.07) is 0. The van der Waals surface area contributed by atoms with Gasteiger partial charge in [0.25, 0.3) is 0 Å². The lowest BCUT2D eigenvalue weighted by atomic mass is 10.2. The standard InChI is InChI=1S/C15H21N3/c1-5-8-14(7-3)15-17-10-13(11-18-15)9-16-12(4)6-2/h5-8,10-11,16H,9H2,1-4H3/b8-5-,12-6+,14-7+. The summed E-state index contributed by atoms with van der Waals surface area (Å²) in [5.74, 6) is 0.766. The molecule has 3 heteroatoms. The number of hydrogen-bond acceptors (Lipinski definition) is 3. The van der Waals surface area contributed by atoms with Crippen molar-refractivity contribution >= 4 is 5.57 Å². The lowest BCUT2D eigenvalue weighted by Crippen LogP contribution is -2.11. The first-order valence-corrected chi connectivity index (χ1v) is 6.18. The van der Waals surface area contributed by atoms with Crippen LogP contribution in [0.2, 0.25) is 0 Å². The average Bonchev–Trinajstić information content (AvgIpc) is 2.42. The van der Waals surface area contributed by atoms with Gasteiger partial charge in [-0.1, -0.05) is 24.3 Å². The van der Waals surface area contributed by atoms with Gasteiger partial charge in [-0.2, -0.15) is 0 Å². The molecule has 0 bridgehead atoms. The highest BCUT2D eigenvalue weighted by Crippen LogP contribution is 2.10. The monoisotopic (exact) mass is 243 g/mol. The Morgan fingerprint density at radius 3 is 2.33 bits per heavy atom. The van der Waals surface area contributed by atoms with Crippen LogP contribution in [0.1, 0.15) is 39.1 Å². The van der Waals surface area contributed by atoms with Crippen molar-refractivity contribution in [2.45, 2.75) is 34.2 Å². The third kappa shape index (κ3) is 4.17. The predicted molar refractivity (Wildman–Crippen MR) is 76.8 cm³/mol. The minimum absolute atomic E-state index is 0.755. The molecule has 0 radical (unpaired) electrons. The van der Waals surface area contributed by atoms with Crippen molar-refractivity contribution in [2.24, 2.45) is 0 Å². The number of hydrogen-bond donors (Lipinski definition) is 1. The van der Waals surface area contributed by atoms with Crippen molar-refractivity contribution in [1.82, 2.24) is 15.3 Å². The molecule has 0 unspecified atom stereocenters. The fourth-order valence-corrected chi connectivity index (χ4v) is 1.42. The number of rotatable bonds is 5. The summed E-state index contributed by atoms with van der Waals surface area (Å²) in [5.41, 5.74) is 3.28. The Morgan fingerprint density at radius 2 is 1.83 bits per heavy atom. The zero-order valence-corrected chi connectivity index (χ0v) is 11.6. The molecule has 0 saturated carbocycles. The third-order valence-corrected chi connectivity index (χ3v) is 2.63. The molecule has 0 saturated heterocycles. The van der Waals surface area contributed by atoms with E-state index in [4.69, 9.17) is 0 Å². The van der Waals surface area contributed by atoms with E-state index in [0.29, 0.717) is 0 Å². The second kappa shape index (κ2) is 7.43. The van der Waals surface area contributed by atoms with E-state index in [-0.39, 0.29) is 0 Å². The molecule has 0 aromatic carbocycles. The van der Waals surface area contributed by atoms with Crippen LogP contribution in [-0.2, 0) is 6.54 Å². The molecule has 0 atom stereocenters. The van der Waals surface area contributed by atoms with Crippen LogP contribution in [0.15, 0.2) is 42.4 Å². The van der Waals surface area contributed by atoms with Crippen LogP contribution >= 0.6 is 0 Å². The topological polar surface area (TPSA) is 37.8 Å². The van der Waals surface area contributed by atoms with Gasteiger partial charge in [0.1, 0.15) is 0 Å². The Kier molecular flexibility index (Phi) is 5.85. The quantitative estimate of drug-likeness (QED) is 0.805. The second-order valence-corrected chi connectivity index (χ2v) is 3.98. The normalized spacial score (nSPS) is 13.1. The molecular formula is C15H21N3. The first-order valence-electron chi connectivity index (χ1n) is 6.18. The fourth-order valence-electron chi connectivity index (χ4n) is 1.42. The Balaban J connectivity index is 2.74. The van der Waals surface area contributed by atoms with E-state index in [0.717, 1.165) is 29.2 Å². The van der Waals surface area contributed by atoms with Crippen LogP contribution in [-0.4, -0.2) is 9.97 Å². The van der Waals surface area contributed by atoms with Crippen LogP contribution < -0.4 is 5.32 Å². The van der Waals surface area contributed by atoms with Crippen LogP contribution in [0, 0.1) is 0 Å².